The van der Waals surface area contributed by atoms with Gasteiger partial charge in [0.05, 0.1) is 18.0 Å². The molecule has 0 spiro atoms. The lowest BCUT2D eigenvalue weighted by Gasteiger charge is -2.25. The van der Waals surface area contributed by atoms with E-state index in [4.69, 9.17) is 34.5 Å². The first-order chi connectivity index (χ1) is 19.5. The summed E-state index contributed by atoms with van der Waals surface area (Å²) in [5.41, 5.74) is 7.86. The number of anilines is 3. The summed E-state index contributed by atoms with van der Waals surface area (Å²) < 4.78 is 27.8. The number of rotatable bonds is 12. The van der Waals surface area contributed by atoms with Crippen LogP contribution in [0.4, 0.5) is 21.9 Å². The van der Waals surface area contributed by atoms with Gasteiger partial charge in [0.15, 0.2) is 17.6 Å². The van der Waals surface area contributed by atoms with Crippen LogP contribution in [0.3, 0.4) is 0 Å². The van der Waals surface area contributed by atoms with Gasteiger partial charge < -0.3 is 39.8 Å². The van der Waals surface area contributed by atoms with Crippen molar-refractivity contribution < 1.29 is 38.4 Å². The van der Waals surface area contributed by atoms with Gasteiger partial charge in [0, 0.05) is 24.4 Å². The molecule has 11 heteroatoms. The van der Waals surface area contributed by atoms with E-state index in [-0.39, 0.29) is 26.6 Å². The first-order valence-corrected chi connectivity index (χ1v) is 12.6. The summed E-state index contributed by atoms with van der Waals surface area (Å²) in [4.78, 5) is 25.6. The summed E-state index contributed by atoms with van der Waals surface area (Å²) in [7, 11) is 0. The minimum Gasteiger partial charge on any atom is -0.491 e. The van der Waals surface area contributed by atoms with Crippen LogP contribution in [0.25, 0.3) is 0 Å². The molecule has 11 nitrogen and oxygen atoms in total. The number of ether oxygens (including phenoxy) is 5. The number of carbonyl (C=O) groups is 2. The summed E-state index contributed by atoms with van der Waals surface area (Å²) in [5, 5.41) is 14.4. The number of aliphatic hydroxyl groups excluding tert-OH is 1. The van der Waals surface area contributed by atoms with Gasteiger partial charge >= 0.3 is 6.09 Å². The molecule has 0 aliphatic carbocycles. The molecule has 0 radical (unpaired) electrons. The molecule has 4 rings (SSSR count). The van der Waals surface area contributed by atoms with Crippen LogP contribution in [-0.2, 0) is 14.3 Å². The van der Waals surface area contributed by atoms with Crippen molar-refractivity contribution in [1.82, 2.24) is 0 Å². The Labute approximate surface area is 231 Å². The molecule has 0 fully saturated rings. The largest absolute Gasteiger partial charge is 0.491 e. The average molecular weight is 550 g/mol. The van der Waals surface area contributed by atoms with Crippen molar-refractivity contribution in [2.24, 2.45) is 0 Å². The molecule has 1 aliphatic rings. The van der Waals surface area contributed by atoms with Crippen LogP contribution in [0.5, 0.6) is 17.2 Å². The van der Waals surface area contributed by atoms with Crippen molar-refractivity contribution in [3.05, 3.63) is 84.4 Å². The van der Waals surface area contributed by atoms with E-state index in [1.807, 2.05) is 0 Å². The van der Waals surface area contributed by atoms with Gasteiger partial charge in [0.1, 0.15) is 18.5 Å². The lowest BCUT2D eigenvalue weighted by atomic mass is 10.0. The van der Waals surface area contributed by atoms with Gasteiger partial charge in [-0.3, -0.25) is 10.1 Å². The lowest BCUT2D eigenvalue weighted by Crippen LogP contribution is -2.28. The van der Waals surface area contributed by atoms with Crippen LogP contribution in [0.1, 0.15) is 18.6 Å². The van der Waals surface area contributed by atoms with E-state index in [0.717, 1.165) is 0 Å². The summed E-state index contributed by atoms with van der Waals surface area (Å²) in [6.07, 6.45) is 0.316. The monoisotopic (exact) mass is 549 g/mol. The Bertz CT molecular complexity index is 1330. The number of para-hydroxylation sites is 2. The number of hydrogen-bond donors (Lipinski definition) is 4. The molecule has 1 aliphatic heterocycles. The number of nitrogens with two attached hydrogens (primary N) is 1. The van der Waals surface area contributed by atoms with Crippen molar-refractivity contribution in [3.63, 3.8) is 0 Å². The van der Waals surface area contributed by atoms with Crippen LogP contribution in [-0.4, -0.2) is 49.8 Å². The minimum absolute atomic E-state index is 0.107. The van der Waals surface area contributed by atoms with Crippen LogP contribution < -0.4 is 30.6 Å². The highest BCUT2D eigenvalue weighted by Gasteiger charge is 2.27. The van der Waals surface area contributed by atoms with E-state index in [0.29, 0.717) is 39.9 Å². The van der Waals surface area contributed by atoms with E-state index in [9.17, 15) is 9.59 Å². The smallest absolute Gasteiger partial charge is 0.412 e. The van der Waals surface area contributed by atoms with Gasteiger partial charge in [-0.1, -0.05) is 24.3 Å². The van der Waals surface area contributed by atoms with Gasteiger partial charge in [0.2, 0.25) is 12.7 Å². The highest BCUT2D eigenvalue weighted by molar-refractivity contribution is 6.01. The molecule has 2 atom stereocenters. The molecular formula is C29H31N3O8. The Kier molecular flexibility index (Phi) is 9.81. The third kappa shape index (κ3) is 7.65. The Balaban J connectivity index is 1.54. The van der Waals surface area contributed by atoms with Crippen LogP contribution in [0.2, 0.25) is 0 Å². The quantitative estimate of drug-likeness (QED) is 0.192. The molecule has 0 aromatic heterocycles. The van der Waals surface area contributed by atoms with Crippen LogP contribution >= 0.6 is 0 Å². The standard InChI is InChI=1S/C29H31N3O8/c1-2-36-25(13-14-27(34)32-23-6-4-3-5-22(23)30)28(19-7-10-21(11-8-19)37-16-15-33)40-29(35)31-20-9-12-24-26(17-20)39-18-38-24/h3-14,17,25,28,33H,2,15-16,18,30H2,1H3,(H,31,35)(H,32,34)/b14-13+/t25-,28-/m1/s1. The Morgan fingerprint density at radius 2 is 1.82 bits per heavy atom. The molecule has 0 unspecified atom stereocenters. The summed E-state index contributed by atoms with van der Waals surface area (Å²) in [5.74, 6) is 1.19. The van der Waals surface area contributed by atoms with E-state index >= 15 is 0 Å². The second-order valence-electron chi connectivity index (χ2n) is 8.52. The first kappa shape index (κ1) is 28.3. The van der Waals surface area contributed by atoms with Gasteiger partial charge in [-0.05, 0) is 55.0 Å². The number of fused-ring (bicyclic) bond motifs is 1. The van der Waals surface area contributed by atoms with Crippen molar-refractivity contribution >= 4 is 29.1 Å². The second-order valence-corrected chi connectivity index (χ2v) is 8.52. The Morgan fingerprint density at radius 3 is 2.58 bits per heavy atom. The number of amides is 2. The SMILES string of the molecule is CCO[C@H](/C=C/C(=O)Nc1ccccc1N)[C@H](OC(=O)Nc1ccc2c(c1)OCO2)c1ccc(OCCO)cc1. The predicted molar refractivity (Wildman–Crippen MR) is 148 cm³/mol. The van der Waals surface area contributed by atoms with E-state index < -0.39 is 24.2 Å². The van der Waals surface area contributed by atoms with Gasteiger partial charge in [-0.15, -0.1) is 0 Å². The number of carbonyl (C=O) groups excluding carboxylic acids is 2. The number of aliphatic hydroxyl groups is 1. The first-order valence-electron chi connectivity index (χ1n) is 12.6. The van der Waals surface area contributed by atoms with E-state index in [2.05, 4.69) is 10.6 Å². The molecular weight excluding hydrogens is 518 g/mol. The molecule has 0 saturated heterocycles. The lowest BCUT2D eigenvalue weighted by molar-refractivity contribution is -0.112. The van der Waals surface area contributed by atoms with Crippen LogP contribution in [0.15, 0.2) is 78.9 Å². The third-order valence-electron chi connectivity index (χ3n) is 5.74. The van der Waals surface area contributed by atoms with Crippen molar-refractivity contribution in [3.8, 4) is 17.2 Å². The fraction of sp³-hybridized carbons (Fsp3) is 0.241. The second kappa shape index (κ2) is 13.9. The Morgan fingerprint density at radius 1 is 1.05 bits per heavy atom. The van der Waals surface area contributed by atoms with E-state index in [1.165, 1.54) is 12.2 Å². The third-order valence-corrected chi connectivity index (χ3v) is 5.74. The molecule has 0 saturated carbocycles. The maximum Gasteiger partial charge on any atom is 0.412 e. The van der Waals surface area contributed by atoms with Crippen molar-refractivity contribution in [2.75, 3.05) is 43.0 Å². The summed E-state index contributed by atoms with van der Waals surface area (Å²) in [6.45, 7) is 2.20. The van der Waals surface area contributed by atoms with Gasteiger partial charge in [0.25, 0.3) is 0 Å². The molecule has 40 heavy (non-hydrogen) atoms. The molecule has 210 valence electrons. The molecule has 5 N–H and O–H groups in total. The average Bonchev–Trinajstić information content (AvgIpc) is 3.43. The van der Waals surface area contributed by atoms with Crippen molar-refractivity contribution in [2.45, 2.75) is 19.1 Å². The van der Waals surface area contributed by atoms with Crippen LogP contribution in [0, 0.1) is 0 Å². The zero-order chi connectivity index (χ0) is 28.3. The number of nitrogen functional groups attached to an aromatic ring is 1. The highest BCUT2D eigenvalue weighted by atomic mass is 16.7. The van der Waals surface area contributed by atoms with Crippen molar-refractivity contribution in [1.29, 1.82) is 0 Å². The van der Waals surface area contributed by atoms with E-state index in [1.54, 1.807) is 73.7 Å². The molecule has 2 amide bonds. The normalized spacial score (nSPS) is 13.4. The Hall–Kier alpha value is -4.74. The molecule has 3 aromatic carbocycles. The number of hydrogen-bond acceptors (Lipinski definition) is 9. The summed E-state index contributed by atoms with van der Waals surface area (Å²) >= 11 is 0. The number of benzene rings is 3. The zero-order valence-corrected chi connectivity index (χ0v) is 21.9. The number of nitrogens with one attached hydrogen (secondary N) is 2. The maximum atomic E-state index is 13.0. The fourth-order valence-electron chi connectivity index (χ4n) is 3.88. The predicted octanol–water partition coefficient (Wildman–Crippen LogP) is 4.26. The topological polar surface area (TPSA) is 151 Å². The highest BCUT2D eigenvalue weighted by Crippen LogP contribution is 2.34. The molecule has 0 bridgehead atoms. The molecule has 3 aromatic rings. The van der Waals surface area contributed by atoms with Gasteiger partial charge in [-0.2, -0.15) is 0 Å². The summed E-state index contributed by atoms with van der Waals surface area (Å²) in [6, 6.07) is 18.7. The zero-order valence-electron chi connectivity index (χ0n) is 21.9. The maximum absolute atomic E-state index is 13.0. The minimum atomic E-state index is -0.938. The van der Waals surface area contributed by atoms with Gasteiger partial charge in [-0.25, -0.2) is 4.79 Å². The fourth-order valence-corrected chi connectivity index (χ4v) is 3.88. The molecule has 1 heterocycles.